The summed E-state index contributed by atoms with van der Waals surface area (Å²) in [7, 11) is 1.62. The van der Waals surface area contributed by atoms with E-state index in [9.17, 15) is 4.79 Å². The first kappa shape index (κ1) is 16.4. The number of methoxy groups -OCH3 is 1. The van der Waals surface area contributed by atoms with Crippen molar-refractivity contribution in [3.8, 4) is 11.5 Å². The van der Waals surface area contributed by atoms with Crippen LogP contribution in [0.4, 0.5) is 0 Å². The second-order valence-electron chi connectivity index (χ2n) is 6.09. The zero-order valence-electron chi connectivity index (χ0n) is 14.1. The average Bonchev–Trinajstić information content (AvgIpc) is 2.62. The van der Waals surface area contributed by atoms with Crippen LogP contribution >= 0.6 is 0 Å². The van der Waals surface area contributed by atoms with E-state index in [1.54, 1.807) is 26.2 Å². The maximum Gasteiger partial charge on any atom is 0.261 e. The predicted octanol–water partition coefficient (Wildman–Crippen LogP) is 3.66. The molecule has 1 N–H and O–H groups in total. The maximum atomic E-state index is 12.5. The molecule has 4 heteroatoms. The Kier molecular flexibility index (Phi) is 5.04. The maximum absolute atomic E-state index is 12.5. The molecule has 24 heavy (non-hydrogen) atoms. The van der Waals surface area contributed by atoms with E-state index < -0.39 is 6.10 Å². The fourth-order valence-corrected chi connectivity index (χ4v) is 3.10. The Bertz CT molecular complexity index is 696. The third-order valence-electron chi connectivity index (χ3n) is 4.43. The topological polar surface area (TPSA) is 47.6 Å². The summed E-state index contributed by atoms with van der Waals surface area (Å²) in [4.78, 5) is 12.5. The summed E-state index contributed by atoms with van der Waals surface area (Å²) >= 11 is 0. The molecule has 126 valence electrons. The van der Waals surface area contributed by atoms with Crippen LogP contribution in [0.2, 0.25) is 0 Å². The molecule has 0 heterocycles. The number of aryl methyl sites for hydroxylation is 1. The van der Waals surface area contributed by atoms with Crippen LogP contribution in [-0.2, 0) is 11.2 Å². The molecule has 1 amide bonds. The second kappa shape index (κ2) is 7.39. The van der Waals surface area contributed by atoms with Crippen LogP contribution in [0.1, 0.15) is 36.9 Å². The number of ether oxygens (including phenoxy) is 2. The minimum atomic E-state index is -0.549. The van der Waals surface area contributed by atoms with Gasteiger partial charge in [0.15, 0.2) is 6.10 Å². The van der Waals surface area contributed by atoms with Crippen molar-refractivity contribution in [2.75, 3.05) is 7.11 Å². The van der Waals surface area contributed by atoms with E-state index in [1.165, 1.54) is 11.1 Å². The molecule has 2 aromatic carbocycles. The first-order valence-corrected chi connectivity index (χ1v) is 8.36. The number of benzene rings is 2. The quantitative estimate of drug-likeness (QED) is 0.913. The SMILES string of the molecule is COc1ccc(O[C@@H](C)C(=O)N[C@H]2CCCc3ccccc32)cc1. The van der Waals surface area contributed by atoms with E-state index in [2.05, 4.69) is 23.5 Å². The molecule has 1 aliphatic carbocycles. The Balaban J connectivity index is 1.62. The lowest BCUT2D eigenvalue weighted by atomic mass is 9.87. The molecule has 2 atom stereocenters. The minimum absolute atomic E-state index is 0.0735. The Hall–Kier alpha value is -2.49. The molecule has 0 radical (unpaired) electrons. The molecule has 0 unspecified atom stereocenters. The number of fused-ring (bicyclic) bond motifs is 1. The Labute approximate surface area is 142 Å². The lowest BCUT2D eigenvalue weighted by Gasteiger charge is -2.27. The zero-order valence-corrected chi connectivity index (χ0v) is 14.1. The number of carbonyl (C=O) groups is 1. The predicted molar refractivity (Wildman–Crippen MR) is 93.3 cm³/mol. The van der Waals surface area contributed by atoms with Gasteiger partial charge in [0.1, 0.15) is 11.5 Å². The van der Waals surface area contributed by atoms with Gasteiger partial charge in [0.2, 0.25) is 0 Å². The molecule has 4 nitrogen and oxygen atoms in total. The summed E-state index contributed by atoms with van der Waals surface area (Å²) in [5, 5.41) is 3.13. The van der Waals surface area contributed by atoms with Crippen LogP contribution in [0.3, 0.4) is 0 Å². The van der Waals surface area contributed by atoms with E-state index in [0.717, 1.165) is 25.0 Å². The molecule has 0 aromatic heterocycles. The number of carbonyl (C=O) groups excluding carboxylic acids is 1. The van der Waals surface area contributed by atoms with Crippen molar-refractivity contribution >= 4 is 5.91 Å². The number of hydrogen-bond donors (Lipinski definition) is 1. The molecular formula is C20H23NO3. The highest BCUT2D eigenvalue weighted by molar-refractivity contribution is 5.81. The molecule has 0 spiro atoms. The average molecular weight is 325 g/mol. The molecule has 0 bridgehead atoms. The third kappa shape index (κ3) is 3.70. The molecule has 1 aliphatic rings. The van der Waals surface area contributed by atoms with Gasteiger partial charge in [-0.1, -0.05) is 24.3 Å². The molecule has 2 aromatic rings. The number of amides is 1. The minimum Gasteiger partial charge on any atom is -0.497 e. The first-order valence-electron chi connectivity index (χ1n) is 8.36. The van der Waals surface area contributed by atoms with E-state index in [0.29, 0.717) is 5.75 Å². The highest BCUT2D eigenvalue weighted by Crippen LogP contribution is 2.29. The smallest absolute Gasteiger partial charge is 0.261 e. The number of rotatable bonds is 5. The molecular weight excluding hydrogens is 302 g/mol. The van der Waals surface area contributed by atoms with Crippen molar-refractivity contribution in [3.63, 3.8) is 0 Å². The fraction of sp³-hybridized carbons (Fsp3) is 0.350. The highest BCUT2D eigenvalue weighted by atomic mass is 16.5. The van der Waals surface area contributed by atoms with Gasteiger partial charge in [0.05, 0.1) is 13.2 Å². The Morgan fingerprint density at radius 1 is 1.12 bits per heavy atom. The molecule has 0 saturated heterocycles. The lowest BCUT2D eigenvalue weighted by Crippen LogP contribution is -2.39. The van der Waals surface area contributed by atoms with Crippen LogP contribution < -0.4 is 14.8 Å². The summed E-state index contributed by atoms with van der Waals surface area (Å²) in [5.41, 5.74) is 2.56. The molecule has 0 saturated carbocycles. The van der Waals surface area contributed by atoms with E-state index in [-0.39, 0.29) is 11.9 Å². The van der Waals surface area contributed by atoms with Crippen molar-refractivity contribution in [1.29, 1.82) is 0 Å². The van der Waals surface area contributed by atoms with Gasteiger partial charge >= 0.3 is 0 Å². The van der Waals surface area contributed by atoms with Crippen molar-refractivity contribution in [1.82, 2.24) is 5.32 Å². The van der Waals surface area contributed by atoms with Crippen LogP contribution in [0, 0.1) is 0 Å². The summed E-state index contributed by atoms with van der Waals surface area (Å²) in [6.45, 7) is 1.77. The summed E-state index contributed by atoms with van der Waals surface area (Å²) in [6.07, 6.45) is 2.60. The van der Waals surface area contributed by atoms with Gasteiger partial charge in [-0.3, -0.25) is 4.79 Å². The van der Waals surface area contributed by atoms with Crippen LogP contribution in [0.5, 0.6) is 11.5 Å². The molecule has 0 aliphatic heterocycles. The molecule has 3 rings (SSSR count). The first-order chi connectivity index (χ1) is 11.7. The highest BCUT2D eigenvalue weighted by Gasteiger charge is 2.24. The van der Waals surface area contributed by atoms with Gasteiger partial charge < -0.3 is 14.8 Å². The standard InChI is InChI=1S/C20H23NO3/c1-14(24-17-12-10-16(23-2)11-13-17)20(22)21-19-9-5-7-15-6-3-4-8-18(15)19/h3-4,6,8,10-14,19H,5,7,9H2,1-2H3,(H,21,22)/t14-,19-/m0/s1. The third-order valence-corrected chi connectivity index (χ3v) is 4.43. The lowest BCUT2D eigenvalue weighted by molar-refractivity contribution is -0.128. The van der Waals surface area contributed by atoms with Crippen molar-refractivity contribution in [2.24, 2.45) is 0 Å². The second-order valence-corrected chi connectivity index (χ2v) is 6.09. The number of hydrogen-bond acceptors (Lipinski definition) is 3. The fourth-order valence-electron chi connectivity index (χ4n) is 3.10. The normalized spacial score (nSPS) is 17.5. The van der Waals surface area contributed by atoms with Crippen molar-refractivity contribution in [3.05, 3.63) is 59.7 Å². The van der Waals surface area contributed by atoms with Crippen molar-refractivity contribution in [2.45, 2.75) is 38.3 Å². The van der Waals surface area contributed by atoms with Gasteiger partial charge in [-0.15, -0.1) is 0 Å². The van der Waals surface area contributed by atoms with E-state index >= 15 is 0 Å². The Morgan fingerprint density at radius 3 is 2.58 bits per heavy atom. The van der Waals surface area contributed by atoms with Gasteiger partial charge in [-0.2, -0.15) is 0 Å². The van der Waals surface area contributed by atoms with Gasteiger partial charge in [-0.25, -0.2) is 0 Å². The van der Waals surface area contributed by atoms with Crippen molar-refractivity contribution < 1.29 is 14.3 Å². The molecule has 0 fully saturated rings. The van der Waals surface area contributed by atoms with Crippen LogP contribution in [0.15, 0.2) is 48.5 Å². The number of nitrogens with one attached hydrogen (secondary N) is 1. The van der Waals surface area contributed by atoms with E-state index in [4.69, 9.17) is 9.47 Å². The van der Waals surface area contributed by atoms with Gasteiger partial charge in [0, 0.05) is 0 Å². The zero-order chi connectivity index (χ0) is 16.9. The summed E-state index contributed by atoms with van der Waals surface area (Å²) < 4.78 is 10.9. The summed E-state index contributed by atoms with van der Waals surface area (Å²) in [6, 6.07) is 15.6. The van der Waals surface area contributed by atoms with E-state index in [1.807, 2.05) is 18.2 Å². The van der Waals surface area contributed by atoms with Crippen LogP contribution in [0.25, 0.3) is 0 Å². The van der Waals surface area contributed by atoms with Crippen LogP contribution in [-0.4, -0.2) is 19.1 Å². The van der Waals surface area contributed by atoms with Gasteiger partial charge in [-0.05, 0) is 61.6 Å². The summed E-state index contributed by atoms with van der Waals surface area (Å²) in [5.74, 6) is 1.33. The largest absolute Gasteiger partial charge is 0.497 e. The Morgan fingerprint density at radius 2 is 1.83 bits per heavy atom. The monoisotopic (exact) mass is 325 g/mol. The van der Waals surface area contributed by atoms with Gasteiger partial charge in [0.25, 0.3) is 5.91 Å².